The van der Waals surface area contributed by atoms with Crippen LogP contribution >= 0.6 is 0 Å². The maximum Gasteiger partial charge on any atom is 0.229 e. The highest BCUT2D eigenvalue weighted by atomic mass is 16.1. The predicted octanol–water partition coefficient (Wildman–Crippen LogP) is 1.49. The van der Waals surface area contributed by atoms with Crippen molar-refractivity contribution in [2.75, 3.05) is 5.32 Å². The van der Waals surface area contributed by atoms with Crippen LogP contribution in [0.4, 0.5) is 5.69 Å². The van der Waals surface area contributed by atoms with Gasteiger partial charge < -0.3 is 11.1 Å². The summed E-state index contributed by atoms with van der Waals surface area (Å²) in [5.41, 5.74) is 8.70. The molecule has 0 saturated heterocycles. The van der Waals surface area contributed by atoms with E-state index in [2.05, 4.69) is 10.4 Å². The Morgan fingerprint density at radius 2 is 2.06 bits per heavy atom. The normalized spacial score (nSPS) is 24.0. The van der Waals surface area contributed by atoms with Gasteiger partial charge in [-0.15, -0.1) is 0 Å². The minimum Gasteiger partial charge on any atom is -0.327 e. The van der Waals surface area contributed by atoms with Crippen molar-refractivity contribution in [1.82, 2.24) is 9.78 Å². The first kappa shape index (κ1) is 13.1. The molecule has 0 spiro atoms. The molecule has 3 N–H and O–H groups in total. The lowest BCUT2D eigenvalue weighted by atomic mass is 9.84. The highest BCUT2D eigenvalue weighted by Crippen LogP contribution is 2.26. The summed E-state index contributed by atoms with van der Waals surface area (Å²) in [5.74, 6) is -0.0147. The molecule has 1 aliphatic carbocycles. The van der Waals surface area contributed by atoms with Gasteiger partial charge in [0, 0.05) is 13.1 Å². The second-order valence-corrected chi connectivity index (χ2v) is 5.21. The van der Waals surface area contributed by atoms with Crippen molar-refractivity contribution in [3.8, 4) is 0 Å². The van der Waals surface area contributed by atoms with Crippen molar-refractivity contribution in [2.24, 2.45) is 18.7 Å². The average molecular weight is 250 g/mol. The van der Waals surface area contributed by atoms with E-state index in [9.17, 15) is 4.79 Å². The number of anilines is 1. The van der Waals surface area contributed by atoms with Crippen molar-refractivity contribution in [3.05, 3.63) is 11.4 Å². The highest BCUT2D eigenvalue weighted by Gasteiger charge is 2.29. The number of carbonyl (C=O) groups is 1. The third-order valence-electron chi connectivity index (χ3n) is 3.91. The van der Waals surface area contributed by atoms with E-state index in [1.54, 1.807) is 4.68 Å². The van der Waals surface area contributed by atoms with Crippen molar-refractivity contribution in [1.29, 1.82) is 0 Å². The van der Waals surface area contributed by atoms with E-state index in [1.165, 1.54) is 0 Å². The topological polar surface area (TPSA) is 72.9 Å². The van der Waals surface area contributed by atoms with Crippen LogP contribution in [0.2, 0.25) is 0 Å². The molecule has 0 bridgehead atoms. The molecule has 2 rings (SSSR count). The molecule has 0 aromatic carbocycles. The molecule has 18 heavy (non-hydrogen) atoms. The van der Waals surface area contributed by atoms with Crippen LogP contribution in [0.5, 0.6) is 0 Å². The van der Waals surface area contributed by atoms with E-state index in [0.717, 1.165) is 42.8 Å². The lowest BCUT2D eigenvalue weighted by Crippen LogP contribution is -2.40. The lowest BCUT2D eigenvalue weighted by Gasteiger charge is -2.27. The van der Waals surface area contributed by atoms with Crippen LogP contribution in [0.1, 0.15) is 37.1 Å². The Bertz CT molecular complexity index is 452. The summed E-state index contributed by atoms with van der Waals surface area (Å²) in [6.45, 7) is 3.86. The van der Waals surface area contributed by atoms with Gasteiger partial charge in [-0.3, -0.25) is 9.48 Å². The number of carbonyl (C=O) groups excluding carboxylic acids is 1. The zero-order valence-corrected chi connectivity index (χ0v) is 11.4. The Hall–Kier alpha value is -1.36. The maximum absolute atomic E-state index is 12.3. The van der Waals surface area contributed by atoms with Gasteiger partial charge in [0.05, 0.1) is 23.0 Å². The van der Waals surface area contributed by atoms with E-state index < -0.39 is 0 Å². The molecule has 100 valence electrons. The van der Waals surface area contributed by atoms with E-state index in [1.807, 2.05) is 20.9 Å². The van der Waals surface area contributed by atoms with Crippen molar-refractivity contribution >= 4 is 11.6 Å². The van der Waals surface area contributed by atoms with Crippen LogP contribution in [0.25, 0.3) is 0 Å². The molecule has 2 unspecified atom stereocenters. The summed E-state index contributed by atoms with van der Waals surface area (Å²) in [5, 5.41) is 7.30. The summed E-state index contributed by atoms with van der Waals surface area (Å²) in [4.78, 5) is 12.3. The molecule has 5 nitrogen and oxygen atoms in total. The van der Waals surface area contributed by atoms with Gasteiger partial charge in [-0.1, -0.05) is 12.8 Å². The summed E-state index contributed by atoms with van der Waals surface area (Å²) in [6.07, 6.45) is 4.07. The molecular weight excluding hydrogens is 228 g/mol. The fourth-order valence-corrected chi connectivity index (χ4v) is 2.66. The van der Waals surface area contributed by atoms with Crippen molar-refractivity contribution in [3.63, 3.8) is 0 Å². The Labute approximate surface area is 108 Å². The Kier molecular flexibility index (Phi) is 3.71. The summed E-state index contributed by atoms with van der Waals surface area (Å²) < 4.78 is 1.78. The first-order valence-corrected chi connectivity index (χ1v) is 6.57. The number of nitrogens with zero attached hydrogens (tertiary/aromatic N) is 2. The van der Waals surface area contributed by atoms with Gasteiger partial charge in [0.15, 0.2) is 0 Å². The third-order valence-corrected chi connectivity index (χ3v) is 3.91. The first-order chi connectivity index (χ1) is 8.50. The fourth-order valence-electron chi connectivity index (χ4n) is 2.66. The molecule has 1 fully saturated rings. The van der Waals surface area contributed by atoms with Crippen LogP contribution in [-0.2, 0) is 11.8 Å². The summed E-state index contributed by atoms with van der Waals surface area (Å²) in [6, 6.07) is -0.00367. The quantitative estimate of drug-likeness (QED) is 0.835. The van der Waals surface area contributed by atoms with Gasteiger partial charge in [0.25, 0.3) is 0 Å². The zero-order valence-electron chi connectivity index (χ0n) is 11.4. The number of nitrogens with one attached hydrogen (secondary N) is 1. The van der Waals surface area contributed by atoms with E-state index >= 15 is 0 Å². The number of rotatable bonds is 2. The Morgan fingerprint density at radius 3 is 2.61 bits per heavy atom. The van der Waals surface area contributed by atoms with Crippen LogP contribution < -0.4 is 11.1 Å². The van der Waals surface area contributed by atoms with Crippen molar-refractivity contribution in [2.45, 2.75) is 45.6 Å². The van der Waals surface area contributed by atoms with Gasteiger partial charge in [-0.25, -0.2) is 0 Å². The number of aryl methyl sites for hydroxylation is 2. The van der Waals surface area contributed by atoms with Gasteiger partial charge in [0.1, 0.15) is 0 Å². The van der Waals surface area contributed by atoms with Crippen LogP contribution in [0.15, 0.2) is 0 Å². The molecule has 1 aromatic heterocycles. The lowest BCUT2D eigenvalue weighted by molar-refractivity contribution is -0.121. The molecule has 1 heterocycles. The van der Waals surface area contributed by atoms with E-state index in [-0.39, 0.29) is 17.9 Å². The van der Waals surface area contributed by atoms with Crippen LogP contribution in [0.3, 0.4) is 0 Å². The largest absolute Gasteiger partial charge is 0.327 e. The standard InChI is InChI=1S/C13H22N4O/c1-8-12(9(2)17(3)16-8)15-13(18)10-6-4-5-7-11(10)14/h10-11H,4-7,14H2,1-3H3,(H,15,18). The predicted molar refractivity (Wildman–Crippen MR) is 71.2 cm³/mol. The minimum atomic E-state index is -0.0576. The molecule has 0 aliphatic heterocycles. The molecule has 0 radical (unpaired) electrons. The maximum atomic E-state index is 12.3. The molecule has 5 heteroatoms. The second kappa shape index (κ2) is 5.10. The number of amides is 1. The van der Waals surface area contributed by atoms with Crippen LogP contribution in [-0.4, -0.2) is 21.7 Å². The molecule has 1 aromatic rings. The highest BCUT2D eigenvalue weighted by molar-refractivity contribution is 5.94. The summed E-state index contributed by atoms with van der Waals surface area (Å²) in [7, 11) is 1.88. The second-order valence-electron chi connectivity index (χ2n) is 5.21. The number of aromatic nitrogens is 2. The van der Waals surface area contributed by atoms with Gasteiger partial charge in [0.2, 0.25) is 5.91 Å². The number of hydrogen-bond acceptors (Lipinski definition) is 3. The van der Waals surface area contributed by atoms with Crippen LogP contribution in [0, 0.1) is 19.8 Å². The molecule has 2 atom stereocenters. The number of hydrogen-bond donors (Lipinski definition) is 2. The molecular formula is C13H22N4O. The molecule has 1 saturated carbocycles. The SMILES string of the molecule is Cc1nn(C)c(C)c1NC(=O)C1CCCCC1N. The van der Waals surface area contributed by atoms with Crippen molar-refractivity contribution < 1.29 is 4.79 Å². The van der Waals surface area contributed by atoms with E-state index in [0.29, 0.717) is 0 Å². The van der Waals surface area contributed by atoms with E-state index in [4.69, 9.17) is 5.73 Å². The fraction of sp³-hybridized carbons (Fsp3) is 0.692. The molecule has 1 aliphatic rings. The van der Waals surface area contributed by atoms with Gasteiger partial charge >= 0.3 is 0 Å². The first-order valence-electron chi connectivity index (χ1n) is 6.57. The zero-order chi connectivity index (χ0) is 13.3. The smallest absolute Gasteiger partial charge is 0.229 e. The van der Waals surface area contributed by atoms with Gasteiger partial charge in [-0.2, -0.15) is 5.10 Å². The average Bonchev–Trinajstić information content (AvgIpc) is 2.56. The Morgan fingerprint density at radius 1 is 1.39 bits per heavy atom. The van der Waals surface area contributed by atoms with Gasteiger partial charge in [-0.05, 0) is 26.7 Å². The minimum absolute atomic E-state index is 0.00367. The summed E-state index contributed by atoms with van der Waals surface area (Å²) >= 11 is 0. The monoisotopic (exact) mass is 250 g/mol. The number of nitrogens with two attached hydrogens (primary N) is 1. The Balaban J connectivity index is 2.11. The molecule has 1 amide bonds. The third kappa shape index (κ3) is 2.41.